The zero-order valence-corrected chi connectivity index (χ0v) is 10.1. The fraction of sp³-hybridized carbons (Fsp3) is 0.909. The summed E-state index contributed by atoms with van der Waals surface area (Å²) < 4.78 is 10.5. The van der Waals surface area contributed by atoms with E-state index in [1.807, 2.05) is 0 Å². The summed E-state index contributed by atoms with van der Waals surface area (Å²) in [6.45, 7) is 4.45. The first-order valence-corrected chi connectivity index (χ1v) is 6.17. The molecule has 17 heavy (non-hydrogen) atoms. The van der Waals surface area contributed by atoms with E-state index >= 15 is 0 Å². The lowest BCUT2D eigenvalue weighted by molar-refractivity contribution is 0.0458. The molecule has 0 aromatic rings. The van der Waals surface area contributed by atoms with Gasteiger partial charge in [0.2, 0.25) is 0 Å². The lowest BCUT2D eigenvalue weighted by atomic mass is 9.91. The van der Waals surface area contributed by atoms with E-state index in [4.69, 9.17) is 15.2 Å². The SMILES string of the molecule is NC1(CNC(=O)N2CCOCC2)CCOCC1. The van der Waals surface area contributed by atoms with E-state index in [0.29, 0.717) is 46.1 Å². The first-order valence-electron chi connectivity index (χ1n) is 6.17. The van der Waals surface area contributed by atoms with Gasteiger partial charge < -0.3 is 25.4 Å². The smallest absolute Gasteiger partial charge is 0.317 e. The Morgan fingerprint density at radius 3 is 2.41 bits per heavy atom. The summed E-state index contributed by atoms with van der Waals surface area (Å²) >= 11 is 0. The molecular weight excluding hydrogens is 222 g/mol. The zero-order valence-electron chi connectivity index (χ0n) is 10.1. The van der Waals surface area contributed by atoms with Crippen molar-refractivity contribution in [2.24, 2.45) is 5.73 Å². The first-order chi connectivity index (χ1) is 8.20. The van der Waals surface area contributed by atoms with Gasteiger partial charge in [0.15, 0.2) is 0 Å². The molecule has 0 spiro atoms. The number of nitrogens with two attached hydrogens (primary N) is 1. The van der Waals surface area contributed by atoms with Crippen LogP contribution in [0, 0.1) is 0 Å². The van der Waals surface area contributed by atoms with Crippen LogP contribution in [0.2, 0.25) is 0 Å². The number of ether oxygens (including phenoxy) is 2. The molecule has 2 aliphatic rings. The number of morpholine rings is 1. The average molecular weight is 243 g/mol. The number of rotatable bonds is 2. The number of urea groups is 1. The lowest BCUT2D eigenvalue weighted by Crippen LogP contribution is -2.56. The Hall–Kier alpha value is -0.850. The standard InChI is InChI=1S/C11H21N3O3/c12-11(1-5-16-6-2-11)9-13-10(15)14-3-7-17-8-4-14/h1-9,12H2,(H,13,15). The third kappa shape index (κ3) is 3.55. The van der Waals surface area contributed by atoms with Gasteiger partial charge in [-0.3, -0.25) is 0 Å². The monoisotopic (exact) mass is 243 g/mol. The molecule has 6 heteroatoms. The van der Waals surface area contributed by atoms with Crippen molar-refractivity contribution in [2.45, 2.75) is 18.4 Å². The molecule has 2 heterocycles. The van der Waals surface area contributed by atoms with Gasteiger partial charge in [0.25, 0.3) is 0 Å². The topological polar surface area (TPSA) is 76.8 Å². The van der Waals surface area contributed by atoms with Crippen molar-refractivity contribution >= 4 is 6.03 Å². The number of carbonyl (C=O) groups is 1. The molecular formula is C11H21N3O3. The van der Waals surface area contributed by atoms with Crippen LogP contribution in [0.25, 0.3) is 0 Å². The fourth-order valence-electron chi connectivity index (χ4n) is 2.08. The quantitative estimate of drug-likeness (QED) is 0.688. The third-order valence-electron chi connectivity index (χ3n) is 3.38. The summed E-state index contributed by atoms with van der Waals surface area (Å²) in [6, 6.07) is -0.0374. The van der Waals surface area contributed by atoms with Crippen molar-refractivity contribution in [3.63, 3.8) is 0 Å². The third-order valence-corrected chi connectivity index (χ3v) is 3.38. The summed E-state index contributed by atoms with van der Waals surface area (Å²) in [4.78, 5) is 13.6. The highest BCUT2D eigenvalue weighted by molar-refractivity contribution is 5.74. The molecule has 0 saturated carbocycles. The zero-order chi connectivity index (χ0) is 12.1. The second-order valence-corrected chi connectivity index (χ2v) is 4.73. The maximum absolute atomic E-state index is 11.9. The fourth-order valence-corrected chi connectivity index (χ4v) is 2.08. The Labute approximate surface area is 101 Å². The Balaban J connectivity index is 1.74. The Morgan fingerprint density at radius 2 is 1.76 bits per heavy atom. The number of hydrogen-bond acceptors (Lipinski definition) is 4. The number of amides is 2. The lowest BCUT2D eigenvalue weighted by Gasteiger charge is -2.34. The highest BCUT2D eigenvalue weighted by atomic mass is 16.5. The van der Waals surface area contributed by atoms with E-state index in [1.165, 1.54) is 0 Å². The molecule has 98 valence electrons. The molecule has 0 unspecified atom stereocenters. The minimum atomic E-state index is -0.305. The van der Waals surface area contributed by atoms with Crippen LogP contribution in [0.4, 0.5) is 4.79 Å². The molecule has 0 aromatic heterocycles. The highest BCUT2D eigenvalue weighted by Gasteiger charge is 2.29. The highest BCUT2D eigenvalue weighted by Crippen LogP contribution is 2.16. The van der Waals surface area contributed by atoms with Gasteiger partial charge in [-0.1, -0.05) is 0 Å². The van der Waals surface area contributed by atoms with E-state index in [9.17, 15) is 4.79 Å². The minimum absolute atomic E-state index is 0.0374. The Bertz CT molecular complexity index is 261. The average Bonchev–Trinajstić information content (AvgIpc) is 2.38. The molecule has 0 aromatic carbocycles. The normalized spacial score (nSPS) is 24.4. The molecule has 2 rings (SSSR count). The molecule has 0 radical (unpaired) electrons. The predicted octanol–water partition coefficient (Wildman–Crippen LogP) is -0.464. The van der Waals surface area contributed by atoms with Gasteiger partial charge >= 0.3 is 6.03 Å². The molecule has 2 saturated heterocycles. The van der Waals surface area contributed by atoms with Crippen molar-refractivity contribution in [2.75, 3.05) is 46.1 Å². The largest absolute Gasteiger partial charge is 0.381 e. The van der Waals surface area contributed by atoms with E-state index < -0.39 is 0 Å². The maximum Gasteiger partial charge on any atom is 0.317 e. The van der Waals surface area contributed by atoms with Crippen LogP contribution in [0.5, 0.6) is 0 Å². The minimum Gasteiger partial charge on any atom is -0.381 e. The van der Waals surface area contributed by atoms with Crippen LogP contribution in [-0.4, -0.2) is 62.5 Å². The molecule has 6 nitrogen and oxygen atoms in total. The molecule has 0 atom stereocenters. The van der Waals surface area contributed by atoms with Crippen molar-refractivity contribution in [1.82, 2.24) is 10.2 Å². The Morgan fingerprint density at radius 1 is 1.18 bits per heavy atom. The first kappa shape index (κ1) is 12.6. The second kappa shape index (κ2) is 5.66. The molecule has 3 N–H and O–H groups in total. The van der Waals surface area contributed by atoms with Crippen molar-refractivity contribution in [1.29, 1.82) is 0 Å². The molecule has 2 aliphatic heterocycles. The van der Waals surface area contributed by atoms with Crippen LogP contribution in [-0.2, 0) is 9.47 Å². The summed E-state index contributed by atoms with van der Waals surface area (Å²) in [5.74, 6) is 0. The van der Waals surface area contributed by atoms with Gasteiger partial charge in [-0.15, -0.1) is 0 Å². The number of hydrogen-bond donors (Lipinski definition) is 2. The number of nitrogens with one attached hydrogen (secondary N) is 1. The van der Waals surface area contributed by atoms with Gasteiger partial charge in [0.05, 0.1) is 13.2 Å². The van der Waals surface area contributed by atoms with Gasteiger partial charge in [-0.25, -0.2) is 4.79 Å². The van der Waals surface area contributed by atoms with E-state index in [1.54, 1.807) is 4.90 Å². The van der Waals surface area contributed by atoms with Crippen LogP contribution in [0.15, 0.2) is 0 Å². The van der Waals surface area contributed by atoms with Crippen LogP contribution in [0.1, 0.15) is 12.8 Å². The predicted molar refractivity (Wildman–Crippen MR) is 62.8 cm³/mol. The number of carbonyl (C=O) groups excluding carboxylic acids is 1. The summed E-state index contributed by atoms with van der Waals surface area (Å²) in [5, 5.41) is 2.91. The maximum atomic E-state index is 11.9. The van der Waals surface area contributed by atoms with Crippen molar-refractivity contribution in [3.05, 3.63) is 0 Å². The second-order valence-electron chi connectivity index (χ2n) is 4.73. The van der Waals surface area contributed by atoms with E-state index in [2.05, 4.69) is 5.32 Å². The molecule has 0 bridgehead atoms. The van der Waals surface area contributed by atoms with Gasteiger partial charge in [-0.2, -0.15) is 0 Å². The van der Waals surface area contributed by atoms with Crippen LogP contribution < -0.4 is 11.1 Å². The number of nitrogens with zero attached hydrogens (tertiary/aromatic N) is 1. The molecule has 2 amide bonds. The van der Waals surface area contributed by atoms with Crippen LogP contribution >= 0.6 is 0 Å². The van der Waals surface area contributed by atoms with Gasteiger partial charge in [0.1, 0.15) is 0 Å². The summed E-state index contributed by atoms with van der Waals surface area (Å²) in [7, 11) is 0. The Kier molecular flexibility index (Phi) is 4.20. The van der Waals surface area contributed by atoms with E-state index in [0.717, 1.165) is 12.8 Å². The van der Waals surface area contributed by atoms with Gasteiger partial charge in [0, 0.05) is 38.4 Å². The van der Waals surface area contributed by atoms with Crippen molar-refractivity contribution < 1.29 is 14.3 Å². The van der Waals surface area contributed by atoms with Crippen LogP contribution in [0.3, 0.4) is 0 Å². The van der Waals surface area contributed by atoms with Crippen molar-refractivity contribution in [3.8, 4) is 0 Å². The van der Waals surface area contributed by atoms with E-state index in [-0.39, 0.29) is 11.6 Å². The summed E-state index contributed by atoms with van der Waals surface area (Å²) in [5.41, 5.74) is 5.89. The van der Waals surface area contributed by atoms with Gasteiger partial charge in [-0.05, 0) is 12.8 Å². The molecule has 2 fully saturated rings. The molecule has 0 aliphatic carbocycles. The summed E-state index contributed by atoms with van der Waals surface area (Å²) in [6.07, 6.45) is 1.60.